The van der Waals surface area contributed by atoms with Gasteiger partial charge in [0, 0.05) is 12.3 Å². The van der Waals surface area contributed by atoms with Crippen molar-refractivity contribution in [2.24, 2.45) is 0 Å². The van der Waals surface area contributed by atoms with Crippen molar-refractivity contribution >= 4 is 8.32 Å². The van der Waals surface area contributed by atoms with Crippen LogP contribution < -0.4 is 11.2 Å². The molecule has 1 aromatic heterocycles. The number of hydrogen-bond acceptors (Lipinski definition) is 6. The zero-order valence-electron chi connectivity index (χ0n) is 17.7. The highest BCUT2D eigenvalue weighted by molar-refractivity contribution is 6.77. The molecule has 2 heterocycles. The van der Waals surface area contributed by atoms with Crippen LogP contribution in [0.4, 0.5) is 0 Å². The van der Waals surface area contributed by atoms with Crippen molar-refractivity contribution in [1.82, 2.24) is 9.55 Å². The molecule has 1 aromatic rings. The third kappa shape index (κ3) is 4.49. The standard InChI is InChI=1S/C19H34N2O6Si/c1-13(2)28(14(3)4,15(5)6)26-12-19(10-22)11-25-9-17(27-19)21-8-7-16(23)20-18(21)24/h7-8,13-15,17,22H,9-12H2,1-6H3,(H,20,23,24)/t17-,19+/m1/s1. The maximum atomic E-state index is 12.1. The van der Waals surface area contributed by atoms with Crippen LogP contribution in [-0.4, -0.2) is 55.0 Å². The van der Waals surface area contributed by atoms with Crippen LogP contribution in [0.1, 0.15) is 47.8 Å². The lowest BCUT2D eigenvalue weighted by Crippen LogP contribution is -2.57. The molecule has 1 fully saturated rings. The van der Waals surface area contributed by atoms with E-state index in [2.05, 4.69) is 46.5 Å². The van der Waals surface area contributed by atoms with Gasteiger partial charge in [0.1, 0.15) is 5.60 Å². The Hall–Kier alpha value is -1.26. The van der Waals surface area contributed by atoms with Crippen LogP contribution in [0.5, 0.6) is 0 Å². The fourth-order valence-corrected chi connectivity index (χ4v) is 9.97. The largest absolute Gasteiger partial charge is 0.413 e. The molecule has 0 amide bonds. The molecule has 0 unspecified atom stereocenters. The second-order valence-corrected chi connectivity index (χ2v) is 14.0. The molecule has 1 saturated heterocycles. The monoisotopic (exact) mass is 414 g/mol. The van der Waals surface area contributed by atoms with Crippen LogP contribution in [0.2, 0.25) is 16.6 Å². The number of nitrogens with zero attached hydrogens (tertiary/aromatic N) is 1. The van der Waals surface area contributed by atoms with E-state index in [-0.39, 0.29) is 26.4 Å². The molecule has 1 aliphatic heterocycles. The summed E-state index contributed by atoms with van der Waals surface area (Å²) in [5.41, 5.74) is -0.932. The SMILES string of the molecule is CC(C)[Si](OC[C@]1(CO)COC[C@H](n2ccc(=O)[nH]c2=O)O1)(C(C)C)C(C)C. The minimum Gasteiger partial charge on any atom is -0.413 e. The number of ether oxygens (including phenoxy) is 2. The Bertz CT molecular complexity index is 738. The Morgan fingerprint density at radius 3 is 2.36 bits per heavy atom. The molecular weight excluding hydrogens is 380 g/mol. The summed E-state index contributed by atoms with van der Waals surface area (Å²) in [7, 11) is -2.16. The zero-order valence-corrected chi connectivity index (χ0v) is 18.7. The second-order valence-electron chi connectivity index (χ2n) is 8.55. The number of nitrogens with one attached hydrogen (secondary N) is 1. The quantitative estimate of drug-likeness (QED) is 0.631. The van der Waals surface area contributed by atoms with E-state index >= 15 is 0 Å². The van der Waals surface area contributed by atoms with Crippen LogP contribution in [0.15, 0.2) is 21.9 Å². The van der Waals surface area contributed by atoms with Gasteiger partial charge in [-0.25, -0.2) is 4.79 Å². The normalized spacial score (nSPS) is 23.7. The molecule has 0 radical (unpaired) electrons. The predicted octanol–water partition coefficient (Wildman–Crippen LogP) is 2.01. The van der Waals surface area contributed by atoms with Gasteiger partial charge in [-0.1, -0.05) is 41.5 Å². The van der Waals surface area contributed by atoms with Gasteiger partial charge in [0.2, 0.25) is 0 Å². The number of H-pyrrole nitrogens is 1. The van der Waals surface area contributed by atoms with E-state index in [1.165, 1.54) is 16.8 Å². The van der Waals surface area contributed by atoms with Gasteiger partial charge in [-0.05, 0) is 16.6 Å². The molecule has 0 bridgehead atoms. The van der Waals surface area contributed by atoms with Crippen LogP contribution in [0, 0.1) is 0 Å². The van der Waals surface area contributed by atoms with Crippen molar-refractivity contribution in [3.63, 3.8) is 0 Å². The molecule has 28 heavy (non-hydrogen) atoms. The summed E-state index contributed by atoms with van der Waals surface area (Å²) in [6, 6.07) is 1.25. The number of aromatic nitrogens is 2. The van der Waals surface area contributed by atoms with E-state index in [1.807, 2.05) is 0 Å². The van der Waals surface area contributed by atoms with Crippen LogP contribution >= 0.6 is 0 Å². The van der Waals surface area contributed by atoms with E-state index < -0.39 is 31.4 Å². The predicted molar refractivity (Wildman–Crippen MR) is 109 cm³/mol. The van der Waals surface area contributed by atoms with Crippen LogP contribution in [-0.2, 0) is 13.9 Å². The minimum atomic E-state index is -2.16. The third-order valence-corrected chi connectivity index (χ3v) is 11.8. The van der Waals surface area contributed by atoms with Gasteiger partial charge >= 0.3 is 5.69 Å². The summed E-state index contributed by atoms with van der Waals surface area (Å²) in [6.07, 6.45) is 0.626. The maximum Gasteiger partial charge on any atom is 0.330 e. The van der Waals surface area contributed by atoms with Crippen molar-refractivity contribution < 1.29 is 19.0 Å². The van der Waals surface area contributed by atoms with Gasteiger partial charge in [-0.15, -0.1) is 0 Å². The minimum absolute atomic E-state index is 0.148. The number of aliphatic hydroxyl groups is 1. The number of aromatic amines is 1. The molecule has 2 rings (SSSR count). The zero-order chi connectivity index (χ0) is 21.1. The Morgan fingerprint density at radius 2 is 1.86 bits per heavy atom. The number of hydrogen-bond donors (Lipinski definition) is 2. The molecule has 0 aliphatic carbocycles. The van der Waals surface area contributed by atoms with Gasteiger partial charge in [-0.3, -0.25) is 14.3 Å². The van der Waals surface area contributed by atoms with Crippen molar-refractivity contribution in [1.29, 1.82) is 0 Å². The molecule has 0 aromatic carbocycles. The lowest BCUT2D eigenvalue weighted by molar-refractivity contribution is -0.247. The lowest BCUT2D eigenvalue weighted by atomic mass is 10.1. The van der Waals surface area contributed by atoms with E-state index in [4.69, 9.17) is 13.9 Å². The fourth-order valence-electron chi connectivity index (χ4n) is 4.45. The Morgan fingerprint density at radius 1 is 1.25 bits per heavy atom. The first-order valence-corrected chi connectivity index (χ1v) is 12.0. The summed E-state index contributed by atoms with van der Waals surface area (Å²) >= 11 is 0. The van der Waals surface area contributed by atoms with Gasteiger partial charge in [0.05, 0.1) is 26.4 Å². The van der Waals surface area contributed by atoms with E-state index in [0.29, 0.717) is 16.6 Å². The Kier molecular flexibility index (Phi) is 7.43. The number of aliphatic hydroxyl groups excluding tert-OH is 1. The summed E-state index contributed by atoms with van der Waals surface area (Å²) in [4.78, 5) is 25.6. The highest BCUT2D eigenvalue weighted by atomic mass is 28.4. The molecule has 0 saturated carbocycles. The molecule has 0 spiro atoms. The van der Waals surface area contributed by atoms with Crippen molar-refractivity contribution in [3.05, 3.63) is 33.1 Å². The number of rotatable bonds is 8. The average molecular weight is 415 g/mol. The Labute approximate surface area is 167 Å². The van der Waals surface area contributed by atoms with Crippen LogP contribution in [0.25, 0.3) is 0 Å². The molecule has 160 valence electrons. The third-order valence-electron chi connectivity index (χ3n) is 5.75. The van der Waals surface area contributed by atoms with Crippen molar-refractivity contribution in [3.8, 4) is 0 Å². The van der Waals surface area contributed by atoms with Gasteiger partial charge in [0.25, 0.3) is 5.56 Å². The summed E-state index contributed by atoms with van der Waals surface area (Å²) < 4.78 is 19.7. The first-order chi connectivity index (χ1) is 13.1. The lowest BCUT2D eigenvalue weighted by Gasteiger charge is -2.46. The summed E-state index contributed by atoms with van der Waals surface area (Å²) in [5.74, 6) is 0. The van der Waals surface area contributed by atoms with E-state index in [1.54, 1.807) is 0 Å². The van der Waals surface area contributed by atoms with Crippen LogP contribution in [0.3, 0.4) is 0 Å². The average Bonchev–Trinajstić information content (AvgIpc) is 2.61. The molecule has 2 N–H and O–H groups in total. The van der Waals surface area contributed by atoms with Crippen molar-refractivity contribution in [2.45, 2.75) is 70.0 Å². The molecule has 9 heteroatoms. The highest BCUT2D eigenvalue weighted by Gasteiger charge is 2.48. The second kappa shape index (κ2) is 9.04. The molecule has 1 aliphatic rings. The van der Waals surface area contributed by atoms with Gasteiger partial charge in [0.15, 0.2) is 14.5 Å². The molecular formula is C19H34N2O6Si. The molecule has 8 nitrogen and oxygen atoms in total. The molecule has 2 atom stereocenters. The first-order valence-electron chi connectivity index (χ1n) is 9.90. The first kappa shape index (κ1) is 23.0. The highest BCUT2D eigenvalue weighted by Crippen LogP contribution is 2.43. The van der Waals surface area contributed by atoms with E-state index in [9.17, 15) is 14.7 Å². The smallest absolute Gasteiger partial charge is 0.330 e. The van der Waals surface area contributed by atoms with Crippen molar-refractivity contribution in [2.75, 3.05) is 26.4 Å². The summed E-state index contributed by atoms with van der Waals surface area (Å²) in [5, 5.41) is 10.1. The fraction of sp³-hybridized carbons (Fsp3) is 0.789. The summed E-state index contributed by atoms with van der Waals surface area (Å²) in [6.45, 7) is 13.4. The van der Waals surface area contributed by atoms with Gasteiger partial charge < -0.3 is 19.0 Å². The Balaban J connectivity index is 2.26. The van der Waals surface area contributed by atoms with E-state index in [0.717, 1.165) is 0 Å². The topological polar surface area (TPSA) is 103 Å². The maximum absolute atomic E-state index is 12.1. The van der Waals surface area contributed by atoms with Gasteiger partial charge in [-0.2, -0.15) is 0 Å².